The molecule has 0 aromatic heterocycles. The lowest BCUT2D eigenvalue weighted by molar-refractivity contribution is 0.180. The van der Waals surface area contributed by atoms with E-state index < -0.39 is 10.0 Å². The Balaban J connectivity index is 1.34. The molecule has 2 atom stereocenters. The van der Waals surface area contributed by atoms with Crippen molar-refractivity contribution in [2.45, 2.75) is 68.6 Å². The highest BCUT2D eigenvalue weighted by Crippen LogP contribution is 2.40. The number of hydrogen-bond donors (Lipinski definition) is 1. The highest BCUT2D eigenvalue weighted by molar-refractivity contribution is 7.90. The largest absolute Gasteiger partial charge is 0.493 e. The van der Waals surface area contributed by atoms with Gasteiger partial charge in [-0.2, -0.15) is 0 Å². The summed E-state index contributed by atoms with van der Waals surface area (Å²) >= 11 is 0. The number of rotatable bonds is 7. The minimum absolute atomic E-state index is 0.0371. The number of benzene rings is 1. The maximum atomic E-state index is 12.2. The Morgan fingerprint density at radius 2 is 1.67 bits per heavy atom. The second kappa shape index (κ2) is 6.68. The van der Waals surface area contributed by atoms with Crippen LogP contribution in [-0.4, -0.2) is 26.3 Å². The molecule has 3 fully saturated rings. The number of sulfonamides is 1. The lowest BCUT2D eigenvalue weighted by Gasteiger charge is -2.31. The molecular weight excluding hydrogens is 322 g/mol. The van der Waals surface area contributed by atoms with Gasteiger partial charge in [0.25, 0.3) is 0 Å². The van der Waals surface area contributed by atoms with Crippen LogP contribution in [0.4, 0.5) is 0 Å². The van der Waals surface area contributed by atoms with E-state index in [0.29, 0.717) is 6.61 Å². The van der Waals surface area contributed by atoms with Crippen LogP contribution in [0.2, 0.25) is 0 Å². The van der Waals surface area contributed by atoms with Crippen molar-refractivity contribution in [3.05, 3.63) is 29.8 Å². The third-order valence-electron chi connectivity index (χ3n) is 5.58. The molecule has 0 heterocycles. The third-order valence-corrected chi connectivity index (χ3v) is 7.56. The molecule has 132 valence electrons. The first-order chi connectivity index (χ1) is 11.6. The molecule has 24 heavy (non-hydrogen) atoms. The van der Waals surface area contributed by atoms with Crippen molar-refractivity contribution in [3.63, 3.8) is 0 Å². The molecule has 0 aliphatic heterocycles. The van der Waals surface area contributed by atoms with Gasteiger partial charge in [0, 0.05) is 12.0 Å². The SMILES string of the molecule is O=S(=O)(N[C@@H]1CCCC[C@H]1COc1ccc(C2CC2)cc1)C1CC1. The van der Waals surface area contributed by atoms with Crippen LogP contribution < -0.4 is 9.46 Å². The van der Waals surface area contributed by atoms with E-state index in [2.05, 4.69) is 29.0 Å². The average molecular weight is 349 g/mol. The smallest absolute Gasteiger partial charge is 0.214 e. The molecule has 0 amide bonds. The molecular formula is C19H27NO3S. The highest BCUT2D eigenvalue weighted by atomic mass is 32.2. The number of ether oxygens (including phenoxy) is 1. The first-order valence-electron chi connectivity index (χ1n) is 9.36. The van der Waals surface area contributed by atoms with Gasteiger partial charge in [-0.05, 0) is 62.1 Å². The molecule has 4 nitrogen and oxygen atoms in total. The van der Waals surface area contributed by atoms with Crippen molar-refractivity contribution in [2.24, 2.45) is 5.92 Å². The Morgan fingerprint density at radius 1 is 0.958 bits per heavy atom. The number of hydrogen-bond acceptors (Lipinski definition) is 3. The van der Waals surface area contributed by atoms with Crippen LogP contribution in [0.25, 0.3) is 0 Å². The van der Waals surface area contributed by atoms with Crippen molar-refractivity contribution >= 4 is 10.0 Å². The molecule has 0 spiro atoms. The zero-order valence-corrected chi connectivity index (χ0v) is 14.9. The lowest BCUT2D eigenvalue weighted by Crippen LogP contribution is -2.45. The van der Waals surface area contributed by atoms with Crippen molar-refractivity contribution in [1.82, 2.24) is 4.72 Å². The molecule has 0 bridgehead atoms. The van der Waals surface area contributed by atoms with Crippen LogP contribution in [0.3, 0.4) is 0 Å². The van der Waals surface area contributed by atoms with Gasteiger partial charge >= 0.3 is 0 Å². The first-order valence-corrected chi connectivity index (χ1v) is 10.9. The summed E-state index contributed by atoms with van der Waals surface area (Å²) in [5.41, 5.74) is 1.41. The first kappa shape index (κ1) is 16.4. The van der Waals surface area contributed by atoms with Gasteiger partial charge in [0.2, 0.25) is 10.0 Å². The standard InChI is InChI=1S/C19H27NO3S/c21-24(22,18-11-12-18)20-19-4-2-1-3-16(19)13-23-17-9-7-15(8-10-17)14-5-6-14/h7-10,14,16,18-20H,1-6,11-13H2/t16-,19+/m0/s1. The van der Waals surface area contributed by atoms with Gasteiger partial charge in [0.15, 0.2) is 0 Å². The van der Waals surface area contributed by atoms with Crippen LogP contribution in [0.5, 0.6) is 5.75 Å². The zero-order chi connectivity index (χ0) is 16.6. The summed E-state index contributed by atoms with van der Waals surface area (Å²) in [5, 5.41) is -0.143. The maximum absolute atomic E-state index is 12.2. The van der Waals surface area contributed by atoms with Crippen LogP contribution in [0, 0.1) is 5.92 Å². The van der Waals surface area contributed by atoms with Gasteiger partial charge in [-0.3, -0.25) is 0 Å². The fourth-order valence-electron chi connectivity index (χ4n) is 3.70. The Bertz CT molecular complexity index is 662. The minimum Gasteiger partial charge on any atom is -0.493 e. The summed E-state index contributed by atoms with van der Waals surface area (Å²) in [6.45, 7) is 0.598. The molecule has 5 heteroatoms. The molecule has 4 rings (SSSR count). The molecule has 0 saturated heterocycles. The molecule has 3 saturated carbocycles. The van der Waals surface area contributed by atoms with E-state index in [-0.39, 0.29) is 17.2 Å². The average Bonchev–Trinajstić information content (AvgIpc) is 3.47. The van der Waals surface area contributed by atoms with Crippen LogP contribution in [-0.2, 0) is 10.0 Å². The summed E-state index contributed by atoms with van der Waals surface area (Å²) < 4.78 is 33.4. The van der Waals surface area contributed by atoms with Crippen molar-refractivity contribution in [1.29, 1.82) is 0 Å². The number of nitrogens with one attached hydrogen (secondary N) is 1. The van der Waals surface area contributed by atoms with Gasteiger partial charge < -0.3 is 4.74 Å². The van der Waals surface area contributed by atoms with Crippen molar-refractivity contribution in [3.8, 4) is 5.75 Å². The minimum atomic E-state index is -3.12. The third kappa shape index (κ3) is 3.94. The van der Waals surface area contributed by atoms with E-state index in [1.807, 2.05) is 0 Å². The fourth-order valence-corrected chi connectivity index (χ4v) is 5.39. The quantitative estimate of drug-likeness (QED) is 0.818. The summed E-state index contributed by atoms with van der Waals surface area (Å²) in [6.07, 6.45) is 8.49. The maximum Gasteiger partial charge on any atom is 0.214 e. The summed E-state index contributed by atoms with van der Waals surface area (Å²) in [5.74, 6) is 1.93. The van der Waals surface area contributed by atoms with E-state index in [0.717, 1.165) is 50.2 Å². The Morgan fingerprint density at radius 3 is 2.33 bits per heavy atom. The highest BCUT2D eigenvalue weighted by Gasteiger charge is 2.39. The van der Waals surface area contributed by atoms with Gasteiger partial charge in [-0.15, -0.1) is 0 Å². The lowest BCUT2D eigenvalue weighted by atomic mass is 9.86. The molecule has 0 unspecified atom stereocenters. The van der Waals surface area contributed by atoms with Crippen LogP contribution in [0.15, 0.2) is 24.3 Å². The monoisotopic (exact) mass is 349 g/mol. The summed E-state index contributed by atoms with van der Waals surface area (Å²) in [4.78, 5) is 0. The normalized spacial score (nSPS) is 27.8. The molecule has 1 aromatic rings. The second-order valence-corrected chi connectivity index (χ2v) is 9.66. The Labute approximate surface area is 145 Å². The van der Waals surface area contributed by atoms with Gasteiger partial charge in [-0.25, -0.2) is 13.1 Å². The summed E-state index contributed by atoms with van der Waals surface area (Å²) in [7, 11) is -3.12. The Hall–Kier alpha value is -1.07. The van der Waals surface area contributed by atoms with E-state index in [1.54, 1.807) is 0 Å². The van der Waals surface area contributed by atoms with E-state index in [1.165, 1.54) is 18.4 Å². The zero-order valence-electron chi connectivity index (χ0n) is 14.1. The molecule has 1 N–H and O–H groups in total. The Kier molecular flexibility index (Phi) is 4.56. The van der Waals surface area contributed by atoms with Crippen molar-refractivity contribution < 1.29 is 13.2 Å². The molecule has 0 radical (unpaired) electrons. The van der Waals surface area contributed by atoms with Gasteiger partial charge in [-0.1, -0.05) is 25.0 Å². The molecule has 1 aromatic carbocycles. The predicted molar refractivity (Wildman–Crippen MR) is 94.7 cm³/mol. The van der Waals surface area contributed by atoms with E-state index in [4.69, 9.17) is 4.74 Å². The van der Waals surface area contributed by atoms with Crippen LogP contribution >= 0.6 is 0 Å². The van der Waals surface area contributed by atoms with E-state index >= 15 is 0 Å². The molecule has 3 aliphatic carbocycles. The van der Waals surface area contributed by atoms with Gasteiger partial charge in [0.1, 0.15) is 5.75 Å². The fraction of sp³-hybridized carbons (Fsp3) is 0.684. The second-order valence-electron chi connectivity index (χ2n) is 7.67. The van der Waals surface area contributed by atoms with Crippen molar-refractivity contribution in [2.75, 3.05) is 6.61 Å². The van der Waals surface area contributed by atoms with Crippen LogP contribution in [0.1, 0.15) is 62.8 Å². The predicted octanol–water partition coefficient (Wildman–Crippen LogP) is 3.58. The molecule has 3 aliphatic rings. The topological polar surface area (TPSA) is 55.4 Å². The van der Waals surface area contributed by atoms with E-state index in [9.17, 15) is 8.42 Å². The summed E-state index contributed by atoms with van der Waals surface area (Å²) in [6, 6.07) is 8.48. The van der Waals surface area contributed by atoms with Gasteiger partial charge in [0.05, 0.1) is 11.9 Å².